The van der Waals surface area contributed by atoms with Crippen molar-refractivity contribution in [1.29, 1.82) is 0 Å². The predicted molar refractivity (Wildman–Crippen MR) is 91.3 cm³/mol. The van der Waals surface area contributed by atoms with Gasteiger partial charge in [-0.15, -0.1) is 0 Å². The van der Waals surface area contributed by atoms with Crippen molar-refractivity contribution in [3.63, 3.8) is 0 Å². The van der Waals surface area contributed by atoms with E-state index in [1.807, 2.05) is 0 Å². The maximum Gasteiger partial charge on any atom is 0.0521 e. The van der Waals surface area contributed by atoms with Crippen molar-refractivity contribution in [3.05, 3.63) is 26.2 Å². The van der Waals surface area contributed by atoms with Crippen molar-refractivity contribution in [2.75, 3.05) is 18.0 Å². The molecule has 0 spiro atoms. The highest BCUT2D eigenvalue weighted by atomic mass is 127. The first-order chi connectivity index (χ1) is 8.60. The third-order valence-electron chi connectivity index (χ3n) is 3.86. The molecule has 1 nitrogen and oxygen atoms in total. The van der Waals surface area contributed by atoms with E-state index in [2.05, 4.69) is 75.5 Å². The van der Waals surface area contributed by atoms with Crippen LogP contribution in [-0.2, 0) is 0 Å². The first kappa shape index (κ1) is 14.6. The SMILES string of the molecule is CCCC1(CCC)CN(c2cc(I)ccc2Br)C1. The summed E-state index contributed by atoms with van der Waals surface area (Å²) in [7, 11) is 0. The maximum absolute atomic E-state index is 3.68. The molecule has 0 atom stereocenters. The van der Waals surface area contributed by atoms with Gasteiger partial charge in [-0.3, -0.25) is 0 Å². The summed E-state index contributed by atoms with van der Waals surface area (Å²) in [6.07, 6.45) is 5.36. The van der Waals surface area contributed by atoms with Crippen LogP contribution in [0.15, 0.2) is 22.7 Å². The molecular formula is C15H21BrIN. The number of hydrogen-bond acceptors (Lipinski definition) is 1. The monoisotopic (exact) mass is 421 g/mol. The van der Waals surface area contributed by atoms with Crippen molar-refractivity contribution >= 4 is 44.2 Å². The summed E-state index contributed by atoms with van der Waals surface area (Å²) in [6.45, 7) is 7.07. The highest BCUT2D eigenvalue weighted by molar-refractivity contribution is 14.1. The Morgan fingerprint density at radius 1 is 1.22 bits per heavy atom. The van der Waals surface area contributed by atoms with E-state index in [1.165, 1.54) is 52.5 Å². The average Bonchev–Trinajstić information content (AvgIpc) is 2.29. The lowest BCUT2D eigenvalue weighted by atomic mass is 9.72. The average molecular weight is 422 g/mol. The molecule has 2 rings (SSSR count). The second-order valence-corrected chi connectivity index (χ2v) is 7.55. The highest BCUT2D eigenvalue weighted by Gasteiger charge is 2.41. The van der Waals surface area contributed by atoms with Gasteiger partial charge in [0.05, 0.1) is 5.69 Å². The third kappa shape index (κ3) is 3.03. The molecular weight excluding hydrogens is 401 g/mol. The van der Waals surface area contributed by atoms with Crippen LogP contribution in [0.3, 0.4) is 0 Å². The Labute approximate surface area is 133 Å². The molecule has 0 aromatic heterocycles. The predicted octanol–water partition coefficient (Wildman–Crippen LogP) is 5.46. The minimum absolute atomic E-state index is 0.588. The van der Waals surface area contributed by atoms with Gasteiger partial charge in [-0.1, -0.05) is 26.7 Å². The number of nitrogens with zero attached hydrogens (tertiary/aromatic N) is 1. The Bertz CT molecular complexity index is 405. The summed E-state index contributed by atoms with van der Waals surface area (Å²) in [5, 5.41) is 0. The van der Waals surface area contributed by atoms with E-state index in [1.54, 1.807) is 0 Å². The molecule has 100 valence electrons. The molecule has 1 aliphatic heterocycles. The lowest BCUT2D eigenvalue weighted by molar-refractivity contribution is 0.173. The van der Waals surface area contributed by atoms with E-state index in [-0.39, 0.29) is 0 Å². The van der Waals surface area contributed by atoms with Crippen molar-refractivity contribution in [2.24, 2.45) is 5.41 Å². The molecule has 0 aliphatic carbocycles. The standard InChI is InChI=1S/C15H21BrIN/c1-3-7-15(8-4-2)10-18(11-15)14-9-12(17)5-6-13(14)16/h5-6,9H,3-4,7-8,10-11H2,1-2H3. The third-order valence-corrected chi connectivity index (χ3v) is 5.20. The number of hydrogen-bond donors (Lipinski definition) is 0. The van der Waals surface area contributed by atoms with Crippen LogP contribution in [0, 0.1) is 8.99 Å². The minimum Gasteiger partial charge on any atom is -0.369 e. The zero-order valence-electron chi connectivity index (χ0n) is 11.2. The van der Waals surface area contributed by atoms with Crippen LogP contribution in [0.1, 0.15) is 39.5 Å². The van der Waals surface area contributed by atoms with Crippen LogP contribution >= 0.6 is 38.5 Å². The van der Waals surface area contributed by atoms with E-state index in [0.29, 0.717) is 5.41 Å². The van der Waals surface area contributed by atoms with E-state index >= 15 is 0 Å². The lowest BCUT2D eigenvalue weighted by Gasteiger charge is -2.52. The van der Waals surface area contributed by atoms with Gasteiger partial charge in [0.2, 0.25) is 0 Å². The first-order valence-electron chi connectivity index (χ1n) is 6.80. The first-order valence-corrected chi connectivity index (χ1v) is 8.67. The normalized spacial score (nSPS) is 17.7. The summed E-state index contributed by atoms with van der Waals surface area (Å²) in [5.74, 6) is 0. The lowest BCUT2D eigenvalue weighted by Crippen LogP contribution is -2.56. The molecule has 1 saturated heterocycles. The van der Waals surface area contributed by atoms with Gasteiger partial charge in [0.15, 0.2) is 0 Å². The van der Waals surface area contributed by atoms with Gasteiger partial charge in [0.25, 0.3) is 0 Å². The van der Waals surface area contributed by atoms with Crippen LogP contribution in [-0.4, -0.2) is 13.1 Å². The molecule has 0 saturated carbocycles. The Hall–Kier alpha value is 0.230. The maximum atomic E-state index is 3.68. The van der Waals surface area contributed by atoms with Gasteiger partial charge in [-0.05, 0) is 69.6 Å². The van der Waals surface area contributed by atoms with Crippen LogP contribution in [0.5, 0.6) is 0 Å². The fourth-order valence-corrected chi connectivity index (χ4v) is 4.14. The summed E-state index contributed by atoms with van der Waals surface area (Å²) in [6, 6.07) is 6.60. The molecule has 0 amide bonds. The summed E-state index contributed by atoms with van der Waals surface area (Å²) in [4.78, 5) is 2.53. The van der Waals surface area contributed by atoms with Crippen LogP contribution in [0.4, 0.5) is 5.69 Å². The van der Waals surface area contributed by atoms with E-state index in [0.717, 1.165) is 0 Å². The topological polar surface area (TPSA) is 3.24 Å². The molecule has 0 unspecified atom stereocenters. The summed E-state index contributed by atoms with van der Waals surface area (Å²) < 4.78 is 2.54. The molecule has 0 bridgehead atoms. The Morgan fingerprint density at radius 3 is 2.39 bits per heavy atom. The van der Waals surface area contributed by atoms with Crippen molar-refractivity contribution in [3.8, 4) is 0 Å². The van der Waals surface area contributed by atoms with E-state index < -0.39 is 0 Å². The quantitative estimate of drug-likeness (QED) is 0.570. The van der Waals surface area contributed by atoms with Gasteiger partial charge >= 0.3 is 0 Å². The van der Waals surface area contributed by atoms with Gasteiger partial charge in [-0.25, -0.2) is 0 Å². The smallest absolute Gasteiger partial charge is 0.0521 e. The zero-order chi connectivity index (χ0) is 13.2. The van der Waals surface area contributed by atoms with E-state index in [9.17, 15) is 0 Å². The fourth-order valence-electron chi connectivity index (χ4n) is 3.16. The highest BCUT2D eigenvalue weighted by Crippen LogP contribution is 2.44. The van der Waals surface area contributed by atoms with Crippen LogP contribution < -0.4 is 4.90 Å². The summed E-state index contributed by atoms with van der Waals surface area (Å²) >= 11 is 6.07. The second-order valence-electron chi connectivity index (χ2n) is 5.45. The van der Waals surface area contributed by atoms with Gasteiger partial charge in [-0.2, -0.15) is 0 Å². The Balaban J connectivity index is 2.08. The second kappa shape index (κ2) is 6.12. The molecule has 1 fully saturated rings. The minimum atomic E-state index is 0.588. The van der Waals surface area contributed by atoms with Gasteiger partial charge in [0, 0.05) is 26.5 Å². The molecule has 0 radical (unpaired) electrons. The molecule has 1 aromatic rings. The van der Waals surface area contributed by atoms with E-state index in [4.69, 9.17) is 0 Å². The number of halogens is 2. The summed E-state index contributed by atoms with van der Waals surface area (Å²) in [5.41, 5.74) is 1.95. The molecule has 1 heterocycles. The molecule has 18 heavy (non-hydrogen) atoms. The molecule has 1 aromatic carbocycles. The van der Waals surface area contributed by atoms with Crippen LogP contribution in [0.25, 0.3) is 0 Å². The van der Waals surface area contributed by atoms with Crippen molar-refractivity contribution in [2.45, 2.75) is 39.5 Å². The van der Waals surface area contributed by atoms with Crippen LogP contribution in [0.2, 0.25) is 0 Å². The Morgan fingerprint density at radius 2 is 1.83 bits per heavy atom. The van der Waals surface area contributed by atoms with Crippen molar-refractivity contribution in [1.82, 2.24) is 0 Å². The van der Waals surface area contributed by atoms with Gasteiger partial charge < -0.3 is 4.90 Å². The number of benzene rings is 1. The number of rotatable bonds is 5. The molecule has 1 aliphatic rings. The fraction of sp³-hybridized carbons (Fsp3) is 0.600. The van der Waals surface area contributed by atoms with Crippen molar-refractivity contribution < 1.29 is 0 Å². The zero-order valence-corrected chi connectivity index (χ0v) is 14.9. The Kier molecular flexibility index (Phi) is 4.98. The van der Waals surface area contributed by atoms with Gasteiger partial charge in [0.1, 0.15) is 0 Å². The molecule has 0 N–H and O–H groups in total. The molecule has 3 heteroatoms. The number of anilines is 1. The largest absolute Gasteiger partial charge is 0.369 e.